The van der Waals surface area contributed by atoms with Gasteiger partial charge in [-0.1, -0.05) is 20.3 Å². The summed E-state index contributed by atoms with van der Waals surface area (Å²) in [6.07, 6.45) is 6.92. The molecule has 3 unspecified atom stereocenters. The summed E-state index contributed by atoms with van der Waals surface area (Å²) < 4.78 is 0. The standard InChI is InChI=1S/C16H31N3O/c1-3-9-17-14-8-11-19(12-13(14)4-2)15-7-5-6-10-18-16(15)20/h13-15,17H,3-12H2,1-2H3,(H,18,20). The minimum absolute atomic E-state index is 0.124. The monoisotopic (exact) mass is 281 g/mol. The summed E-state index contributed by atoms with van der Waals surface area (Å²) in [4.78, 5) is 14.6. The second-order valence-electron chi connectivity index (χ2n) is 6.32. The maximum atomic E-state index is 12.2. The van der Waals surface area contributed by atoms with Crippen LogP contribution in [-0.4, -0.2) is 49.1 Å². The van der Waals surface area contributed by atoms with Crippen molar-refractivity contribution in [1.82, 2.24) is 15.5 Å². The molecule has 2 aliphatic rings. The molecule has 0 saturated carbocycles. The average molecular weight is 281 g/mol. The largest absolute Gasteiger partial charge is 0.355 e. The zero-order valence-electron chi connectivity index (χ0n) is 13.2. The topological polar surface area (TPSA) is 44.4 Å². The Labute approximate surface area is 123 Å². The number of nitrogens with zero attached hydrogens (tertiary/aromatic N) is 1. The van der Waals surface area contributed by atoms with E-state index >= 15 is 0 Å². The molecular weight excluding hydrogens is 250 g/mol. The van der Waals surface area contributed by atoms with Crippen molar-refractivity contribution < 1.29 is 4.79 Å². The van der Waals surface area contributed by atoms with Crippen LogP contribution in [0.4, 0.5) is 0 Å². The fourth-order valence-corrected chi connectivity index (χ4v) is 3.63. The van der Waals surface area contributed by atoms with Crippen molar-refractivity contribution in [2.75, 3.05) is 26.2 Å². The van der Waals surface area contributed by atoms with Gasteiger partial charge in [-0.15, -0.1) is 0 Å². The van der Waals surface area contributed by atoms with Crippen molar-refractivity contribution in [1.29, 1.82) is 0 Å². The third-order valence-electron chi connectivity index (χ3n) is 4.89. The first-order valence-corrected chi connectivity index (χ1v) is 8.51. The summed E-state index contributed by atoms with van der Waals surface area (Å²) in [5.74, 6) is 0.948. The van der Waals surface area contributed by atoms with Gasteiger partial charge in [0.05, 0.1) is 6.04 Å². The summed E-state index contributed by atoms with van der Waals surface area (Å²) in [5, 5.41) is 6.77. The summed E-state index contributed by atoms with van der Waals surface area (Å²) >= 11 is 0. The minimum atomic E-state index is 0.124. The number of nitrogens with one attached hydrogen (secondary N) is 2. The lowest BCUT2D eigenvalue weighted by atomic mass is 9.88. The zero-order valence-corrected chi connectivity index (χ0v) is 13.2. The van der Waals surface area contributed by atoms with Gasteiger partial charge in [-0.3, -0.25) is 9.69 Å². The lowest BCUT2D eigenvalue weighted by Gasteiger charge is -2.41. The van der Waals surface area contributed by atoms with Crippen LogP contribution in [-0.2, 0) is 4.79 Å². The number of rotatable bonds is 5. The molecule has 0 aromatic rings. The Bertz CT molecular complexity index is 308. The van der Waals surface area contributed by atoms with Crippen molar-refractivity contribution in [3.63, 3.8) is 0 Å². The van der Waals surface area contributed by atoms with Crippen LogP contribution in [0.15, 0.2) is 0 Å². The summed E-state index contributed by atoms with van der Waals surface area (Å²) in [6, 6.07) is 0.767. The summed E-state index contributed by atoms with van der Waals surface area (Å²) in [7, 11) is 0. The van der Waals surface area contributed by atoms with Crippen LogP contribution < -0.4 is 10.6 Å². The van der Waals surface area contributed by atoms with Crippen LogP contribution in [0.2, 0.25) is 0 Å². The predicted octanol–water partition coefficient (Wildman–Crippen LogP) is 1.76. The van der Waals surface area contributed by atoms with Gasteiger partial charge in [-0.2, -0.15) is 0 Å². The van der Waals surface area contributed by atoms with Crippen LogP contribution >= 0.6 is 0 Å². The van der Waals surface area contributed by atoms with E-state index < -0.39 is 0 Å². The molecule has 3 atom stereocenters. The van der Waals surface area contributed by atoms with E-state index in [-0.39, 0.29) is 11.9 Å². The van der Waals surface area contributed by atoms with Crippen molar-refractivity contribution >= 4 is 5.91 Å². The molecule has 2 rings (SSSR count). The Morgan fingerprint density at radius 3 is 2.90 bits per heavy atom. The SMILES string of the molecule is CCCNC1CCN(C2CCCCNC2=O)CC1CC. The molecule has 4 nitrogen and oxygen atoms in total. The van der Waals surface area contributed by atoms with E-state index in [1.54, 1.807) is 0 Å². The van der Waals surface area contributed by atoms with Crippen molar-refractivity contribution in [2.45, 2.75) is 64.5 Å². The maximum Gasteiger partial charge on any atom is 0.237 e. The number of amides is 1. The van der Waals surface area contributed by atoms with Gasteiger partial charge in [0, 0.05) is 25.7 Å². The van der Waals surface area contributed by atoms with E-state index in [2.05, 4.69) is 29.4 Å². The van der Waals surface area contributed by atoms with Crippen LogP contribution in [0.5, 0.6) is 0 Å². The summed E-state index contributed by atoms with van der Waals surface area (Å²) in [6.45, 7) is 8.62. The molecule has 0 spiro atoms. The fraction of sp³-hybridized carbons (Fsp3) is 0.938. The first kappa shape index (κ1) is 15.8. The molecule has 4 heteroatoms. The molecule has 2 heterocycles. The van der Waals surface area contributed by atoms with Gasteiger partial charge in [-0.25, -0.2) is 0 Å². The Kier molecular flexibility index (Phi) is 6.30. The number of carbonyl (C=O) groups excluding carboxylic acids is 1. The van der Waals surface area contributed by atoms with Crippen LogP contribution in [0.3, 0.4) is 0 Å². The van der Waals surface area contributed by atoms with E-state index in [1.165, 1.54) is 25.7 Å². The Balaban J connectivity index is 1.92. The normalized spacial score (nSPS) is 32.7. The summed E-state index contributed by atoms with van der Waals surface area (Å²) in [5.41, 5.74) is 0. The van der Waals surface area contributed by atoms with E-state index in [0.717, 1.165) is 39.0 Å². The Morgan fingerprint density at radius 1 is 1.30 bits per heavy atom. The molecular formula is C16H31N3O. The van der Waals surface area contributed by atoms with Crippen LogP contribution in [0.25, 0.3) is 0 Å². The number of carbonyl (C=O) groups is 1. The first-order valence-electron chi connectivity index (χ1n) is 8.51. The molecule has 2 fully saturated rings. The zero-order chi connectivity index (χ0) is 14.4. The molecule has 0 aromatic carbocycles. The molecule has 2 saturated heterocycles. The number of hydrogen-bond acceptors (Lipinski definition) is 3. The number of hydrogen-bond donors (Lipinski definition) is 2. The Hall–Kier alpha value is -0.610. The van der Waals surface area contributed by atoms with Gasteiger partial charge in [0.2, 0.25) is 5.91 Å². The van der Waals surface area contributed by atoms with Gasteiger partial charge in [0.25, 0.3) is 0 Å². The quantitative estimate of drug-likeness (QED) is 0.807. The fourth-order valence-electron chi connectivity index (χ4n) is 3.63. The van der Waals surface area contributed by atoms with Crippen molar-refractivity contribution in [3.05, 3.63) is 0 Å². The highest BCUT2D eigenvalue weighted by Crippen LogP contribution is 2.24. The van der Waals surface area contributed by atoms with E-state index in [4.69, 9.17) is 0 Å². The molecule has 1 amide bonds. The second kappa shape index (κ2) is 7.99. The van der Waals surface area contributed by atoms with Crippen LogP contribution in [0.1, 0.15) is 52.4 Å². The minimum Gasteiger partial charge on any atom is -0.355 e. The van der Waals surface area contributed by atoms with Crippen molar-refractivity contribution in [3.8, 4) is 0 Å². The van der Waals surface area contributed by atoms with E-state index in [9.17, 15) is 4.79 Å². The molecule has 116 valence electrons. The van der Waals surface area contributed by atoms with Crippen LogP contribution in [0, 0.1) is 5.92 Å². The smallest absolute Gasteiger partial charge is 0.237 e. The van der Waals surface area contributed by atoms with Gasteiger partial charge in [0.15, 0.2) is 0 Å². The van der Waals surface area contributed by atoms with Crippen molar-refractivity contribution in [2.24, 2.45) is 5.92 Å². The highest BCUT2D eigenvalue weighted by Gasteiger charge is 2.34. The lowest BCUT2D eigenvalue weighted by Crippen LogP contribution is -2.55. The molecule has 0 aliphatic carbocycles. The molecule has 2 N–H and O–H groups in total. The van der Waals surface area contributed by atoms with Gasteiger partial charge in [0.1, 0.15) is 0 Å². The Morgan fingerprint density at radius 2 is 2.15 bits per heavy atom. The number of piperidine rings is 1. The third-order valence-corrected chi connectivity index (χ3v) is 4.89. The third kappa shape index (κ3) is 3.95. The molecule has 0 radical (unpaired) electrons. The van der Waals surface area contributed by atoms with Gasteiger partial charge >= 0.3 is 0 Å². The van der Waals surface area contributed by atoms with Gasteiger partial charge < -0.3 is 10.6 Å². The van der Waals surface area contributed by atoms with E-state index in [1.807, 2.05) is 0 Å². The molecule has 0 aromatic heterocycles. The van der Waals surface area contributed by atoms with E-state index in [0.29, 0.717) is 12.0 Å². The average Bonchev–Trinajstić information content (AvgIpc) is 2.69. The molecule has 2 aliphatic heterocycles. The van der Waals surface area contributed by atoms with Gasteiger partial charge in [-0.05, 0) is 44.6 Å². The number of likely N-dealkylation sites (tertiary alicyclic amines) is 1. The predicted molar refractivity (Wildman–Crippen MR) is 82.7 cm³/mol. The molecule has 0 bridgehead atoms. The highest BCUT2D eigenvalue weighted by atomic mass is 16.2. The highest BCUT2D eigenvalue weighted by molar-refractivity contribution is 5.81. The molecule has 20 heavy (non-hydrogen) atoms. The first-order chi connectivity index (χ1) is 9.76. The lowest BCUT2D eigenvalue weighted by molar-refractivity contribution is -0.127. The second-order valence-corrected chi connectivity index (χ2v) is 6.32. The maximum absolute atomic E-state index is 12.2.